The van der Waals surface area contributed by atoms with Crippen molar-refractivity contribution in [1.29, 1.82) is 5.26 Å². The molecule has 0 bridgehead atoms. The van der Waals surface area contributed by atoms with E-state index in [2.05, 4.69) is 10.6 Å². The molecule has 0 unspecified atom stereocenters. The van der Waals surface area contributed by atoms with Crippen LogP contribution in [0.15, 0.2) is 35.7 Å². The van der Waals surface area contributed by atoms with Gasteiger partial charge in [-0.1, -0.05) is 6.07 Å². The lowest BCUT2D eigenvalue weighted by Crippen LogP contribution is -2.08. The Balaban J connectivity index is 1.98. The highest BCUT2D eigenvalue weighted by atomic mass is 32.1. The number of rotatable bonds is 6. The third kappa shape index (κ3) is 4.51. The average molecular weight is 301 g/mol. The SMILES string of the molecule is CC(=O)Nc1ccsc1CNc1cccc(OCC#N)c1. The van der Waals surface area contributed by atoms with Crippen LogP contribution in [0.4, 0.5) is 11.4 Å². The lowest BCUT2D eigenvalue weighted by molar-refractivity contribution is -0.114. The molecule has 0 spiro atoms. The topological polar surface area (TPSA) is 74.2 Å². The summed E-state index contributed by atoms with van der Waals surface area (Å²) < 4.78 is 5.25. The lowest BCUT2D eigenvalue weighted by Gasteiger charge is -2.09. The van der Waals surface area contributed by atoms with E-state index in [-0.39, 0.29) is 12.5 Å². The molecule has 0 saturated carbocycles. The fraction of sp³-hybridized carbons (Fsp3) is 0.200. The molecule has 0 fully saturated rings. The molecule has 2 aromatic rings. The number of carbonyl (C=O) groups is 1. The first-order chi connectivity index (χ1) is 10.2. The van der Waals surface area contributed by atoms with Crippen molar-refractivity contribution in [2.45, 2.75) is 13.5 Å². The monoisotopic (exact) mass is 301 g/mol. The number of hydrogen-bond acceptors (Lipinski definition) is 5. The number of anilines is 2. The molecular formula is C15H15N3O2S. The van der Waals surface area contributed by atoms with Crippen LogP contribution in [0.2, 0.25) is 0 Å². The summed E-state index contributed by atoms with van der Waals surface area (Å²) in [6.45, 7) is 2.13. The summed E-state index contributed by atoms with van der Waals surface area (Å²) in [4.78, 5) is 12.2. The number of thiophene rings is 1. The van der Waals surface area contributed by atoms with Crippen LogP contribution in [-0.4, -0.2) is 12.5 Å². The van der Waals surface area contributed by atoms with Crippen LogP contribution in [0.25, 0.3) is 0 Å². The first-order valence-corrected chi connectivity index (χ1v) is 7.24. The Morgan fingerprint density at radius 3 is 3.05 bits per heavy atom. The molecule has 1 aromatic carbocycles. The second kappa shape index (κ2) is 7.31. The average Bonchev–Trinajstić information content (AvgIpc) is 2.90. The van der Waals surface area contributed by atoms with Crippen LogP contribution in [0, 0.1) is 11.3 Å². The van der Waals surface area contributed by atoms with Crippen molar-refractivity contribution < 1.29 is 9.53 Å². The Bertz CT molecular complexity index is 661. The molecule has 108 valence electrons. The summed E-state index contributed by atoms with van der Waals surface area (Å²) in [6.07, 6.45) is 0. The second-order valence-electron chi connectivity index (χ2n) is 4.27. The maximum atomic E-state index is 11.1. The Kier molecular flexibility index (Phi) is 5.18. The highest BCUT2D eigenvalue weighted by Crippen LogP contribution is 2.24. The molecule has 5 nitrogen and oxygen atoms in total. The summed E-state index contributed by atoms with van der Waals surface area (Å²) in [6, 6.07) is 11.2. The van der Waals surface area contributed by atoms with Gasteiger partial charge in [-0.05, 0) is 23.6 Å². The van der Waals surface area contributed by atoms with Gasteiger partial charge in [0.2, 0.25) is 5.91 Å². The van der Waals surface area contributed by atoms with E-state index in [0.717, 1.165) is 16.3 Å². The summed E-state index contributed by atoms with van der Waals surface area (Å²) in [5, 5.41) is 16.5. The van der Waals surface area contributed by atoms with Crippen molar-refractivity contribution in [3.8, 4) is 11.8 Å². The minimum Gasteiger partial charge on any atom is -0.479 e. The molecule has 0 aliphatic rings. The third-order valence-corrected chi connectivity index (χ3v) is 3.57. The summed E-state index contributed by atoms with van der Waals surface area (Å²) in [5.74, 6) is 0.566. The number of nitrogens with zero attached hydrogens (tertiary/aromatic N) is 1. The van der Waals surface area contributed by atoms with Crippen LogP contribution in [0.3, 0.4) is 0 Å². The zero-order valence-electron chi connectivity index (χ0n) is 11.6. The Hall–Kier alpha value is -2.52. The first kappa shape index (κ1) is 14.9. The summed E-state index contributed by atoms with van der Waals surface area (Å²) in [7, 11) is 0. The predicted octanol–water partition coefficient (Wildman–Crippen LogP) is 3.22. The van der Waals surface area contributed by atoms with Gasteiger partial charge < -0.3 is 15.4 Å². The van der Waals surface area contributed by atoms with Gasteiger partial charge in [0.15, 0.2) is 6.61 Å². The van der Waals surface area contributed by atoms with Crippen molar-refractivity contribution in [2.75, 3.05) is 17.2 Å². The summed E-state index contributed by atoms with van der Waals surface area (Å²) in [5.41, 5.74) is 1.73. The number of ether oxygens (including phenoxy) is 1. The summed E-state index contributed by atoms with van der Waals surface area (Å²) >= 11 is 1.58. The molecule has 0 saturated heterocycles. The minimum absolute atomic E-state index is 0.0288. The van der Waals surface area contributed by atoms with Gasteiger partial charge in [-0.15, -0.1) is 11.3 Å². The number of nitrogens with one attached hydrogen (secondary N) is 2. The van der Waals surface area contributed by atoms with Crippen LogP contribution >= 0.6 is 11.3 Å². The number of nitriles is 1. The zero-order chi connectivity index (χ0) is 15.1. The van der Waals surface area contributed by atoms with Crippen molar-refractivity contribution in [3.05, 3.63) is 40.6 Å². The Labute approximate surface area is 127 Å². The first-order valence-electron chi connectivity index (χ1n) is 6.36. The molecule has 6 heteroatoms. The van der Waals surface area contributed by atoms with E-state index in [0.29, 0.717) is 12.3 Å². The zero-order valence-corrected chi connectivity index (χ0v) is 12.4. The van der Waals surface area contributed by atoms with Crippen LogP contribution in [-0.2, 0) is 11.3 Å². The normalized spacial score (nSPS) is 9.71. The molecule has 0 atom stereocenters. The van der Waals surface area contributed by atoms with E-state index in [4.69, 9.17) is 10.00 Å². The molecule has 1 aromatic heterocycles. The lowest BCUT2D eigenvalue weighted by atomic mass is 10.3. The highest BCUT2D eigenvalue weighted by Gasteiger charge is 2.05. The fourth-order valence-corrected chi connectivity index (χ4v) is 2.54. The van der Waals surface area contributed by atoms with E-state index in [1.165, 1.54) is 6.92 Å². The van der Waals surface area contributed by atoms with Gasteiger partial charge >= 0.3 is 0 Å². The molecule has 21 heavy (non-hydrogen) atoms. The molecule has 1 amide bonds. The van der Waals surface area contributed by atoms with Gasteiger partial charge in [0.25, 0.3) is 0 Å². The maximum Gasteiger partial charge on any atom is 0.221 e. The van der Waals surface area contributed by atoms with Gasteiger partial charge in [-0.25, -0.2) is 0 Å². The van der Waals surface area contributed by atoms with Crippen LogP contribution in [0.5, 0.6) is 5.75 Å². The van der Waals surface area contributed by atoms with Crippen molar-refractivity contribution >= 4 is 28.6 Å². The quantitative estimate of drug-likeness (QED) is 0.859. The minimum atomic E-state index is -0.0819. The van der Waals surface area contributed by atoms with E-state index in [1.807, 2.05) is 35.7 Å². The maximum absolute atomic E-state index is 11.1. The smallest absolute Gasteiger partial charge is 0.221 e. The largest absolute Gasteiger partial charge is 0.479 e. The number of benzene rings is 1. The molecule has 1 heterocycles. The van der Waals surface area contributed by atoms with Crippen molar-refractivity contribution in [2.24, 2.45) is 0 Å². The third-order valence-electron chi connectivity index (χ3n) is 2.65. The number of carbonyl (C=O) groups excluding carboxylic acids is 1. The van der Waals surface area contributed by atoms with Crippen molar-refractivity contribution in [1.82, 2.24) is 0 Å². The van der Waals surface area contributed by atoms with E-state index < -0.39 is 0 Å². The van der Waals surface area contributed by atoms with Crippen LogP contribution < -0.4 is 15.4 Å². The number of hydrogen-bond donors (Lipinski definition) is 2. The predicted molar refractivity (Wildman–Crippen MR) is 83.5 cm³/mol. The molecule has 2 N–H and O–H groups in total. The van der Waals surface area contributed by atoms with Crippen LogP contribution in [0.1, 0.15) is 11.8 Å². The van der Waals surface area contributed by atoms with Gasteiger partial charge in [0, 0.05) is 23.6 Å². The van der Waals surface area contributed by atoms with Gasteiger partial charge in [-0.3, -0.25) is 4.79 Å². The molecule has 0 radical (unpaired) electrons. The van der Waals surface area contributed by atoms with Gasteiger partial charge in [0.1, 0.15) is 11.8 Å². The standard InChI is InChI=1S/C15H15N3O2S/c1-11(19)18-14-5-8-21-15(14)10-17-12-3-2-4-13(9-12)20-7-6-16/h2-5,8-9,17H,7,10H2,1H3,(H,18,19). The van der Waals surface area contributed by atoms with Crippen molar-refractivity contribution in [3.63, 3.8) is 0 Å². The van der Waals surface area contributed by atoms with E-state index in [1.54, 1.807) is 17.4 Å². The molecule has 2 rings (SSSR count). The molecular weight excluding hydrogens is 286 g/mol. The van der Waals surface area contributed by atoms with E-state index >= 15 is 0 Å². The van der Waals surface area contributed by atoms with E-state index in [9.17, 15) is 4.79 Å². The second-order valence-corrected chi connectivity index (χ2v) is 5.27. The van der Waals surface area contributed by atoms with Gasteiger partial charge in [0.05, 0.1) is 12.2 Å². The number of amides is 1. The Morgan fingerprint density at radius 1 is 1.43 bits per heavy atom. The fourth-order valence-electron chi connectivity index (χ4n) is 1.77. The highest BCUT2D eigenvalue weighted by molar-refractivity contribution is 7.10. The Morgan fingerprint density at radius 2 is 2.29 bits per heavy atom. The molecule has 0 aliphatic heterocycles. The van der Waals surface area contributed by atoms with Gasteiger partial charge in [-0.2, -0.15) is 5.26 Å². The molecule has 0 aliphatic carbocycles.